The first-order valence-electron chi connectivity index (χ1n) is 11.9. The predicted octanol–water partition coefficient (Wildman–Crippen LogP) is 3.23. The van der Waals surface area contributed by atoms with E-state index in [1.54, 1.807) is 0 Å². The lowest BCUT2D eigenvalue weighted by Crippen LogP contribution is -2.45. The van der Waals surface area contributed by atoms with Gasteiger partial charge < -0.3 is 14.4 Å². The van der Waals surface area contributed by atoms with Crippen LogP contribution in [0.3, 0.4) is 0 Å². The van der Waals surface area contributed by atoms with Gasteiger partial charge in [-0.15, -0.1) is 0 Å². The molecule has 1 aromatic carbocycles. The van der Waals surface area contributed by atoms with Gasteiger partial charge in [-0.3, -0.25) is 14.5 Å². The van der Waals surface area contributed by atoms with Crippen molar-refractivity contribution in [3.05, 3.63) is 58.5 Å². The summed E-state index contributed by atoms with van der Waals surface area (Å²) >= 11 is 0. The maximum Gasteiger partial charge on any atom is 0.323 e. The molecular formula is C26H32N2O4. The number of rotatable bonds is 5. The summed E-state index contributed by atoms with van der Waals surface area (Å²) in [5.74, 6) is 0.0457. The summed E-state index contributed by atoms with van der Waals surface area (Å²) in [6.45, 7) is 1.25. The second-order valence-corrected chi connectivity index (χ2v) is 9.58. The van der Waals surface area contributed by atoms with Crippen molar-refractivity contribution in [1.82, 2.24) is 9.47 Å². The minimum atomic E-state index is -0.459. The van der Waals surface area contributed by atoms with Crippen molar-refractivity contribution in [2.45, 2.75) is 50.7 Å². The Labute approximate surface area is 188 Å². The van der Waals surface area contributed by atoms with Crippen molar-refractivity contribution in [2.75, 3.05) is 20.3 Å². The van der Waals surface area contributed by atoms with Crippen LogP contribution in [0.4, 0.5) is 0 Å². The largest absolute Gasteiger partial charge is 0.468 e. The average Bonchev–Trinajstić information content (AvgIpc) is 3.35. The lowest BCUT2D eigenvalue weighted by atomic mass is 9.88. The standard InChI is InChI=1S/C26H32N2O4/c1-32-26(31)24-21(16-29)20-15-27-22(23(20)28(24)14-17-8-4-2-5-9-17)13-12-19(25(27)30)18-10-6-3-7-11-18/h3,6-7,10-13,17,20-21,23-24,29H,2,4-5,8-9,14-16H2,1H3/t20-,21-,23+,24-/m0/s1. The molecule has 2 aliphatic heterocycles. The van der Waals surface area contributed by atoms with E-state index in [1.807, 2.05) is 41.0 Å². The molecule has 3 heterocycles. The van der Waals surface area contributed by atoms with E-state index in [4.69, 9.17) is 4.74 Å². The zero-order valence-corrected chi connectivity index (χ0v) is 18.7. The molecule has 6 nitrogen and oxygen atoms in total. The van der Waals surface area contributed by atoms with E-state index in [-0.39, 0.29) is 36.0 Å². The van der Waals surface area contributed by atoms with Crippen LogP contribution in [0.5, 0.6) is 0 Å². The van der Waals surface area contributed by atoms with Crippen molar-refractivity contribution < 1.29 is 14.6 Å². The normalized spacial score (nSPS) is 27.8. The van der Waals surface area contributed by atoms with Crippen LogP contribution in [0.1, 0.15) is 43.8 Å². The number of methoxy groups -OCH3 is 1. The molecule has 1 saturated carbocycles. The molecule has 0 radical (unpaired) electrons. The first-order chi connectivity index (χ1) is 15.6. The summed E-state index contributed by atoms with van der Waals surface area (Å²) in [7, 11) is 1.42. The minimum Gasteiger partial charge on any atom is -0.468 e. The summed E-state index contributed by atoms with van der Waals surface area (Å²) in [5, 5.41) is 10.3. The van der Waals surface area contributed by atoms with E-state index in [0.717, 1.165) is 17.8 Å². The quantitative estimate of drug-likeness (QED) is 0.729. The van der Waals surface area contributed by atoms with Gasteiger partial charge in [0.05, 0.1) is 13.2 Å². The molecule has 1 aromatic heterocycles. The molecule has 1 N–H and O–H groups in total. The van der Waals surface area contributed by atoms with Gasteiger partial charge in [0, 0.05) is 42.8 Å². The average molecular weight is 437 g/mol. The molecule has 0 spiro atoms. The maximum absolute atomic E-state index is 13.4. The highest BCUT2D eigenvalue weighted by molar-refractivity contribution is 5.77. The third-order valence-electron chi connectivity index (χ3n) is 7.91. The van der Waals surface area contributed by atoms with E-state index < -0.39 is 6.04 Å². The fourth-order valence-corrected chi connectivity index (χ4v) is 6.41. The molecular weight excluding hydrogens is 404 g/mol. The molecule has 0 bridgehead atoms. The molecule has 1 saturated heterocycles. The van der Waals surface area contributed by atoms with E-state index in [1.165, 1.54) is 39.2 Å². The SMILES string of the molecule is COC(=O)[C@@H]1[C@@H](CO)[C@@H]2Cn3c(ccc(-c4ccccc4)c3=O)[C@@H]2N1CC1CCCCC1. The van der Waals surface area contributed by atoms with E-state index in [9.17, 15) is 14.7 Å². The lowest BCUT2D eigenvalue weighted by molar-refractivity contribution is -0.148. The Morgan fingerprint density at radius 2 is 1.84 bits per heavy atom. The predicted molar refractivity (Wildman–Crippen MR) is 122 cm³/mol. The minimum absolute atomic E-state index is 0.00650. The number of aliphatic hydroxyl groups is 1. The van der Waals surface area contributed by atoms with Crippen LogP contribution in [0, 0.1) is 17.8 Å². The van der Waals surface area contributed by atoms with Gasteiger partial charge in [0.2, 0.25) is 0 Å². The number of hydrogen-bond donors (Lipinski definition) is 1. The van der Waals surface area contributed by atoms with E-state index >= 15 is 0 Å². The third-order valence-corrected chi connectivity index (χ3v) is 7.91. The topological polar surface area (TPSA) is 71.8 Å². The fraction of sp³-hybridized carbons (Fsp3) is 0.538. The van der Waals surface area contributed by atoms with Gasteiger partial charge in [-0.05, 0) is 36.5 Å². The van der Waals surface area contributed by atoms with Gasteiger partial charge in [0.1, 0.15) is 6.04 Å². The number of benzene rings is 1. The number of carbonyl (C=O) groups excluding carboxylic acids is 1. The Hall–Kier alpha value is -2.44. The van der Waals surface area contributed by atoms with E-state index in [0.29, 0.717) is 18.0 Å². The number of likely N-dealkylation sites (tertiary alicyclic amines) is 1. The highest BCUT2D eigenvalue weighted by Crippen LogP contribution is 2.50. The summed E-state index contributed by atoms with van der Waals surface area (Å²) in [5.41, 5.74) is 2.57. The number of aromatic nitrogens is 1. The van der Waals surface area contributed by atoms with Gasteiger partial charge in [-0.25, -0.2) is 0 Å². The van der Waals surface area contributed by atoms with Crippen molar-refractivity contribution >= 4 is 5.97 Å². The van der Waals surface area contributed by atoms with Crippen molar-refractivity contribution in [3.8, 4) is 11.1 Å². The molecule has 6 heteroatoms. The fourth-order valence-electron chi connectivity index (χ4n) is 6.41. The maximum atomic E-state index is 13.4. The molecule has 1 aliphatic carbocycles. The number of nitrogens with zero attached hydrogens (tertiary/aromatic N) is 2. The van der Waals surface area contributed by atoms with Gasteiger partial charge in [-0.2, -0.15) is 0 Å². The highest BCUT2D eigenvalue weighted by atomic mass is 16.5. The van der Waals surface area contributed by atoms with E-state index in [2.05, 4.69) is 11.0 Å². The van der Waals surface area contributed by atoms with Gasteiger partial charge >= 0.3 is 5.97 Å². The van der Waals surface area contributed by atoms with Crippen LogP contribution in [0.25, 0.3) is 11.1 Å². The Morgan fingerprint density at radius 1 is 1.09 bits per heavy atom. The first kappa shape index (κ1) is 21.4. The lowest BCUT2D eigenvalue weighted by Gasteiger charge is -2.34. The summed E-state index contributed by atoms with van der Waals surface area (Å²) in [6, 6.07) is 13.2. The molecule has 170 valence electrons. The molecule has 0 unspecified atom stereocenters. The van der Waals surface area contributed by atoms with Crippen molar-refractivity contribution in [3.63, 3.8) is 0 Å². The number of aliphatic hydroxyl groups excluding tert-OH is 1. The first-order valence-corrected chi connectivity index (χ1v) is 11.9. The summed E-state index contributed by atoms with van der Waals surface area (Å²) < 4.78 is 7.06. The van der Waals surface area contributed by atoms with Crippen LogP contribution in [-0.4, -0.2) is 46.8 Å². The van der Waals surface area contributed by atoms with Crippen LogP contribution in [-0.2, 0) is 16.1 Å². The van der Waals surface area contributed by atoms with Crippen LogP contribution in [0.2, 0.25) is 0 Å². The Morgan fingerprint density at radius 3 is 2.53 bits per heavy atom. The number of pyridine rings is 1. The van der Waals surface area contributed by atoms with Crippen LogP contribution in [0.15, 0.2) is 47.3 Å². The second-order valence-electron chi connectivity index (χ2n) is 9.58. The summed E-state index contributed by atoms with van der Waals surface area (Å²) in [6.07, 6.45) is 6.09. The smallest absolute Gasteiger partial charge is 0.323 e. The number of hydrogen-bond acceptors (Lipinski definition) is 5. The Kier molecular flexibility index (Phi) is 5.91. The number of fused-ring (bicyclic) bond motifs is 3. The van der Waals surface area contributed by atoms with Crippen LogP contribution >= 0.6 is 0 Å². The van der Waals surface area contributed by atoms with Crippen LogP contribution < -0.4 is 5.56 Å². The summed E-state index contributed by atoms with van der Waals surface area (Å²) in [4.78, 5) is 28.5. The molecule has 5 rings (SSSR count). The second kappa shape index (κ2) is 8.83. The van der Waals surface area contributed by atoms with Crippen molar-refractivity contribution in [1.29, 1.82) is 0 Å². The zero-order chi connectivity index (χ0) is 22.2. The molecule has 3 aliphatic rings. The molecule has 4 atom stereocenters. The molecule has 2 fully saturated rings. The van der Waals surface area contributed by atoms with Gasteiger partial charge in [0.15, 0.2) is 0 Å². The third kappa shape index (κ3) is 3.50. The molecule has 32 heavy (non-hydrogen) atoms. The number of esters is 1. The number of ether oxygens (including phenoxy) is 1. The highest BCUT2D eigenvalue weighted by Gasteiger charge is 2.56. The molecule has 0 amide bonds. The molecule has 2 aromatic rings. The Bertz CT molecular complexity index is 1030. The number of carbonyl (C=O) groups is 1. The van der Waals surface area contributed by atoms with Gasteiger partial charge in [-0.1, -0.05) is 49.6 Å². The Balaban J connectivity index is 1.55. The van der Waals surface area contributed by atoms with Gasteiger partial charge in [0.25, 0.3) is 5.56 Å². The zero-order valence-electron chi connectivity index (χ0n) is 18.7. The van der Waals surface area contributed by atoms with Crippen molar-refractivity contribution in [2.24, 2.45) is 17.8 Å². The monoisotopic (exact) mass is 436 g/mol.